The Morgan fingerprint density at radius 2 is 1.73 bits per heavy atom. The van der Waals surface area contributed by atoms with E-state index in [9.17, 15) is 19.5 Å². The lowest BCUT2D eigenvalue weighted by Crippen LogP contribution is -2.53. The molecule has 2 rings (SSSR count). The molecule has 0 aliphatic carbocycles. The average Bonchev–Trinajstić information content (AvgIpc) is 2.86. The maximum atomic E-state index is 13.6. The van der Waals surface area contributed by atoms with Crippen molar-refractivity contribution in [2.75, 3.05) is 31.3 Å². The van der Waals surface area contributed by atoms with Crippen molar-refractivity contribution in [3.8, 4) is 18.1 Å². The van der Waals surface area contributed by atoms with Crippen LogP contribution in [0.25, 0.3) is 0 Å². The van der Waals surface area contributed by atoms with Crippen LogP contribution in [0.5, 0.6) is 5.75 Å². The van der Waals surface area contributed by atoms with Crippen LogP contribution in [0.3, 0.4) is 0 Å². The van der Waals surface area contributed by atoms with Gasteiger partial charge in [-0.1, -0.05) is 18.1 Å². The number of thiol groups is 1. The minimum atomic E-state index is -1.16. The molecule has 0 saturated carbocycles. The molecule has 2 aromatic carbocycles. The summed E-state index contributed by atoms with van der Waals surface area (Å²) in [6.45, 7) is 4.48. The number of benzene rings is 2. The summed E-state index contributed by atoms with van der Waals surface area (Å²) in [6, 6.07) is 11.0. The van der Waals surface area contributed by atoms with Gasteiger partial charge in [0.15, 0.2) is 0 Å². The van der Waals surface area contributed by atoms with Crippen LogP contribution in [0.2, 0.25) is 0 Å². The normalized spacial score (nSPS) is 12.5. The van der Waals surface area contributed by atoms with Gasteiger partial charge in [0.2, 0.25) is 5.91 Å². The monoisotopic (exact) mass is 527 g/mol. The molecule has 0 aromatic heterocycles. The summed E-state index contributed by atoms with van der Waals surface area (Å²) in [7, 11) is 1.53. The third-order valence-electron chi connectivity index (χ3n) is 5.11. The molecule has 9 nitrogen and oxygen atoms in total. The molecular formula is C27H33N3O6S. The van der Waals surface area contributed by atoms with Gasteiger partial charge in [0.25, 0.3) is 5.91 Å². The van der Waals surface area contributed by atoms with Crippen LogP contribution in [0.15, 0.2) is 48.5 Å². The van der Waals surface area contributed by atoms with Gasteiger partial charge in [-0.2, -0.15) is 12.6 Å². The number of terminal acetylenes is 1. The number of nitrogens with zero attached hydrogens (tertiary/aromatic N) is 1. The third kappa shape index (κ3) is 8.74. The number of amides is 3. The minimum Gasteiger partial charge on any atom is -0.497 e. The van der Waals surface area contributed by atoms with Crippen molar-refractivity contribution in [1.82, 2.24) is 10.2 Å². The number of aliphatic hydroxyl groups excluding tert-OH is 1. The quantitative estimate of drug-likeness (QED) is 0.279. The number of carbonyl (C=O) groups excluding carboxylic acids is 3. The fraction of sp³-hybridized carbons (Fsp3) is 0.370. The predicted octanol–water partition coefficient (Wildman–Crippen LogP) is 3.00. The first-order valence-corrected chi connectivity index (χ1v) is 12.2. The van der Waals surface area contributed by atoms with Crippen molar-refractivity contribution < 1.29 is 29.0 Å². The molecule has 0 spiro atoms. The molecule has 0 aliphatic rings. The Morgan fingerprint density at radius 1 is 1.11 bits per heavy atom. The van der Waals surface area contributed by atoms with E-state index in [4.69, 9.17) is 15.9 Å². The van der Waals surface area contributed by atoms with Gasteiger partial charge in [-0.3, -0.25) is 9.59 Å². The second-order valence-electron chi connectivity index (χ2n) is 9.02. The van der Waals surface area contributed by atoms with Gasteiger partial charge in [-0.05, 0) is 62.7 Å². The van der Waals surface area contributed by atoms with Crippen molar-refractivity contribution in [2.24, 2.45) is 0 Å². The Hall–Kier alpha value is -3.68. The second kappa shape index (κ2) is 13.6. The van der Waals surface area contributed by atoms with Crippen LogP contribution in [0.1, 0.15) is 37.9 Å². The van der Waals surface area contributed by atoms with E-state index < -0.39 is 42.2 Å². The zero-order valence-electron chi connectivity index (χ0n) is 21.4. The van der Waals surface area contributed by atoms with Gasteiger partial charge in [0.05, 0.1) is 13.7 Å². The van der Waals surface area contributed by atoms with Crippen LogP contribution in [0.4, 0.5) is 10.5 Å². The van der Waals surface area contributed by atoms with E-state index in [0.29, 0.717) is 22.6 Å². The predicted molar refractivity (Wildman–Crippen MR) is 145 cm³/mol. The third-order valence-corrected chi connectivity index (χ3v) is 5.47. The van der Waals surface area contributed by atoms with Crippen LogP contribution in [0, 0.1) is 12.3 Å². The molecule has 2 atom stereocenters. The van der Waals surface area contributed by atoms with Crippen molar-refractivity contribution in [2.45, 2.75) is 38.5 Å². The van der Waals surface area contributed by atoms with E-state index in [0.717, 1.165) is 0 Å². The molecule has 0 heterocycles. The molecule has 3 N–H and O–H groups in total. The molecule has 10 heteroatoms. The van der Waals surface area contributed by atoms with E-state index in [1.54, 1.807) is 69.3 Å². The Balaban J connectivity index is 2.43. The van der Waals surface area contributed by atoms with Crippen LogP contribution >= 0.6 is 12.6 Å². The first-order valence-electron chi connectivity index (χ1n) is 11.6. The van der Waals surface area contributed by atoms with E-state index >= 15 is 0 Å². The van der Waals surface area contributed by atoms with Crippen molar-refractivity contribution >= 4 is 36.2 Å². The highest BCUT2D eigenvalue weighted by Crippen LogP contribution is 2.25. The SMILES string of the molecule is C#Cc1ccc(C(C(=O)Nc2ccc(OC)cc2)N(CCO)C(=O)C(CS)NC(=O)OC(C)(C)C)cc1. The maximum Gasteiger partial charge on any atom is 0.408 e. The summed E-state index contributed by atoms with van der Waals surface area (Å²) < 4.78 is 10.4. The number of aliphatic hydroxyl groups is 1. The number of hydrogen-bond donors (Lipinski definition) is 4. The number of ether oxygens (including phenoxy) is 2. The Kier molecular flexibility index (Phi) is 10.8. The molecule has 198 valence electrons. The summed E-state index contributed by atoms with van der Waals surface area (Å²) in [5, 5.41) is 15.1. The highest BCUT2D eigenvalue weighted by Gasteiger charge is 2.35. The number of hydrogen-bond acceptors (Lipinski definition) is 7. The standard InChI is InChI=1S/C27H33N3O6S/c1-6-18-7-9-19(10-8-18)23(24(32)28-20-11-13-21(35-5)14-12-20)30(15-16-31)25(33)22(17-37)29-26(34)36-27(2,3)4/h1,7-14,22-23,31,37H,15-17H2,2-5H3,(H,28,32)(H,29,34). The first-order chi connectivity index (χ1) is 17.5. The molecule has 3 amide bonds. The molecule has 37 heavy (non-hydrogen) atoms. The van der Waals surface area contributed by atoms with Gasteiger partial charge >= 0.3 is 6.09 Å². The van der Waals surface area contributed by atoms with Crippen LogP contribution in [-0.2, 0) is 14.3 Å². The highest BCUT2D eigenvalue weighted by atomic mass is 32.1. The Labute approximate surface area is 222 Å². The molecule has 0 saturated heterocycles. The number of alkyl carbamates (subject to hydrolysis) is 1. The molecule has 0 bridgehead atoms. The highest BCUT2D eigenvalue weighted by molar-refractivity contribution is 7.80. The number of rotatable bonds is 10. The lowest BCUT2D eigenvalue weighted by molar-refractivity contribution is -0.140. The van der Waals surface area contributed by atoms with Gasteiger partial charge in [0, 0.05) is 23.5 Å². The first kappa shape index (κ1) is 29.5. The smallest absolute Gasteiger partial charge is 0.408 e. The van der Waals surface area contributed by atoms with Crippen molar-refractivity contribution in [1.29, 1.82) is 0 Å². The maximum absolute atomic E-state index is 13.6. The molecule has 2 aromatic rings. The zero-order chi connectivity index (χ0) is 27.6. The van der Waals surface area contributed by atoms with Crippen molar-refractivity contribution in [3.63, 3.8) is 0 Å². The van der Waals surface area contributed by atoms with E-state index in [-0.39, 0.29) is 12.3 Å². The van der Waals surface area contributed by atoms with Crippen LogP contribution < -0.4 is 15.4 Å². The number of nitrogens with one attached hydrogen (secondary N) is 2. The zero-order valence-corrected chi connectivity index (χ0v) is 22.2. The number of methoxy groups -OCH3 is 1. The lowest BCUT2D eigenvalue weighted by Gasteiger charge is -2.33. The minimum absolute atomic E-state index is 0.0666. The molecule has 0 radical (unpaired) electrons. The topological polar surface area (TPSA) is 117 Å². The van der Waals surface area contributed by atoms with Gasteiger partial charge < -0.3 is 30.1 Å². The summed E-state index contributed by atoms with van der Waals surface area (Å²) in [5.41, 5.74) is 0.753. The van der Waals surface area contributed by atoms with E-state index in [2.05, 4.69) is 29.2 Å². The Morgan fingerprint density at radius 3 is 2.22 bits per heavy atom. The molecule has 0 fully saturated rings. The molecule has 0 aliphatic heterocycles. The molecular weight excluding hydrogens is 494 g/mol. The fourth-order valence-electron chi connectivity index (χ4n) is 3.43. The van der Waals surface area contributed by atoms with Crippen LogP contribution in [-0.4, -0.2) is 65.6 Å². The second-order valence-corrected chi connectivity index (χ2v) is 9.39. The average molecular weight is 528 g/mol. The van der Waals surface area contributed by atoms with E-state index in [1.807, 2.05) is 0 Å². The van der Waals surface area contributed by atoms with E-state index in [1.165, 1.54) is 12.0 Å². The summed E-state index contributed by atoms with van der Waals surface area (Å²) in [6.07, 6.45) is 4.66. The number of anilines is 1. The largest absolute Gasteiger partial charge is 0.497 e. The summed E-state index contributed by atoms with van der Waals surface area (Å²) in [5.74, 6) is 1.91. The van der Waals surface area contributed by atoms with Gasteiger partial charge in [0.1, 0.15) is 23.4 Å². The Bertz CT molecular complexity index is 1110. The molecule has 2 unspecified atom stereocenters. The number of carbonyl (C=O) groups is 3. The van der Waals surface area contributed by atoms with Gasteiger partial charge in [-0.15, -0.1) is 6.42 Å². The lowest BCUT2D eigenvalue weighted by atomic mass is 10.0. The van der Waals surface area contributed by atoms with Crippen molar-refractivity contribution in [3.05, 3.63) is 59.7 Å². The fourth-order valence-corrected chi connectivity index (χ4v) is 3.68. The summed E-state index contributed by atoms with van der Waals surface area (Å²) >= 11 is 4.22. The van der Waals surface area contributed by atoms with Gasteiger partial charge in [-0.25, -0.2) is 4.79 Å². The summed E-state index contributed by atoms with van der Waals surface area (Å²) in [4.78, 5) is 40.7.